The Kier molecular flexibility index (Phi) is 3.56. The molecule has 0 saturated carbocycles. The Balaban J connectivity index is 2.22. The molecular weight excluding hydrogens is 240 g/mol. The summed E-state index contributed by atoms with van der Waals surface area (Å²) in [5.41, 5.74) is 1.54. The molecule has 4 nitrogen and oxygen atoms in total. The van der Waals surface area contributed by atoms with E-state index < -0.39 is 0 Å². The summed E-state index contributed by atoms with van der Waals surface area (Å²) in [6, 6.07) is 5.49. The van der Waals surface area contributed by atoms with E-state index in [1.165, 1.54) is 12.4 Å². The second-order valence-electron chi connectivity index (χ2n) is 3.54. The van der Waals surface area contributed by atoms with E-state index in [0.29, 0.717) is 22.3 Å². The number of rotatable bonds is 3. The largest absolute Gasteiger partial charge is 0.436 e. The first-order valence-corrected chi connectivity index (χ1v) is 5.42. The molecule has 0 radical (unpaired) electrons. The van der Waals surface area contributed by atoms with Crippen LogP contribution in [0.25, 0.3) is 0 Å². The van der Waals surface area contributed by atoms with Crippen LogP contribution >= 0.6 is 11.6 Å². The molecule has 88 valence electrons. The molecule has 0 aliphatic rings. The monoisotopic (exact) mass is 250 g/mol. The summed E-state index contributed by atoms with van der Waals surface area (Å²) in [5, 5.41) is 9.35. The zero-order chi connectivity index (χ0) is 12.3. The van der Waals surface area contributed by atoms with Crippen molar-refractivity contribution in [3.63, 3.8) is 0 Å². The lowest BCUT2D eigenvalue weighted by molar-refractivity contribution is 0.276. The lowest BCUT2D eigenvalue weighted by atomic mass is 10.2. The molecule has 0 atom stereocenters. The molecule has 0 amide bonds. The summed E-state index contributed by atoms with van der Waals surface area (Å²) in [7, 11) is 0. The van der Waals surface area contributed by atoms with Gasteiger partial charge in [-0.05, 0) is 24.6 Å². The average molecular weight is 251 g/mol. The second-order valence-corrected chi connectivity index (χ2v) is 3.95. The van der Waals surface area contributed by atoms with Crippen LogP contribution in [-0.4, -0.2) is 15.1 Å². The third-order valence-electron chi connectivity index (χ3n) is 2.14. The van der Waals surface area contributed by atoms with E-state index in [9.17, 15) is 0 Å². The number of aromatic nitrogens is 2. The number of halogens is 1. The van der Waals surface area contributed by atoms with Crippen LogP contribution < -0.4 is 4.74 Å². The fraction of sp³-hybridized carbons (Fsp3) is 0.167. The third kappa shape index (κ3) is 2.93. The quantitative estimate of drug-likeness (QED) is 0.910. The normalized spacial score (nSPS) is 10.3. The van der Waals surface area contributed by atoms with Gasteiger partial charge in [0, 0.05) is 0 Å². The molecule has 0 unspecified atom stereocenters. The molecular formula is C12H11ClN2O2. The van der Waals surface area contributed by atoms with Crippen molar-refractivity contribution in [3.8, 4) is 11.6 Å². The number of nitrogens with zero attached hydrogens (tertiary/aromatic N) is 2. The van der Waals surface area contributed by atoms with Crippen molar-refractivity contribution >= 4 is 11.6 Å². The molecule has 1 aromatic carbocycles. The Bertz CT molecular complexity index is 514. The minimum absolute atomic E-state index is 0.140. The van der Waals surface area contributed by atoms with Crippen LogP contribution in [0.15, 0.2) is 30.6 Å². The molecule has 0 fully saturated rings. The van der Waals surface area contributed by atoms with E-state index in [4.69, 9.17) is 21.4 Å². The van der Waals surface area contributed by atoms with Crippen molar-refractivity contribution in [2.24, 2.45) is 0 Å². The molecule has 1 heterocycles. The highest BCUT2D eigenvalue weighted by atomic mass is 35.5. The van der Waals surface area contributed by atoms with Gasteiger partial charge >= 0.3 is 0 Å². The van der Waals surface area contributed by atoms with Crippen LogP contribution in [0.5, 0.6) is 11.6 Å². The van der Waals surface area contributed by atoms with Crippen LogP contribution in [0.4, 0.5) is 0 Å². The zero-order valence-corrected chi connectivity index (χ0v) is 9.98. The fourth-order valence-corrected chi connectivity index (χ4v) is 1.43. The second kappa shape index (κ2) is 5.12. The summed E-state index contributed by atoms with van der Waals surface area (Å²) in [5.74, 6) is 0.882. The number of aliphatic hydroxyl groups excluding tert-OH is 1. The molecule has 0 aliphatic carbocycles. The molecule has 5 heteroatoms. The van der Waals surface area contributed by atoms with Crippen molar-refractivity contribution in [2.75, 3.05) is 0 Å². The van der Waals surface area contributed by atoms with Gasteiger partial charge in [0.05, 0.1) is 29.7 Å². The van der Waals surface area contributed by atoms with Gasteiger partial charge in [0.25, 0.3) is 0 Å². The van der Waals surface area contributed by atoms with Gasteiger partial charge in [0.1, 0.15) is 5.75 Å². The zero-order valence-electron chi connectivity index (χ0n) is 9.22. The van der Waals surface area contributed by atoms with E-state index >= 15 is 0 Å². The van der Waals surface area contributed by atoms with E-state index in [2.05, 4.69) is 9.97 Å². The maximum absolute atomic E-state index is 8.83. The summed E-state index contributed by atoms with van der Waals surface area (Å²) in [6.45, 7) is 1.81. The Hall–Kier alpha value is -1.65. The first-order chi connectivity index (χ1) is 8.19. The van der Waals surface area contributed by atoms with Crippen LogP contribution in [0, 0.1) is 6.92 Å². The van der Waals surface area contributed by atoms with E-state index in [-0.39, 0.29) is 6.61 Å². The minimum atomic E-state index is -0.140. The van der Waals surface area contributed by atoms with Gasteiger partial charge in [-0.15, -0.1) is 0 Å². The number of hydrogen-bond donors (Lipinski definition) is 1. The standard InChI is InChI=1S/C12H11ClN2O2/c1-8-2-3-10(13)11(4-8)17-12-6-14-9(7-16)5-15-12/h2-6,16H,7H2,1H3. The fourth-order valence-electron chi connectivity index (χ4n) is 1.28. The molecule has 1 N–H and O–H groups in total. The molecule has 2 aromatic rings. The van der Waals surface area contributed by atoms with Gasteiger partial charge in [-0.3, -0.25) is 4.98 Å². The maximum Gasteiger partial charge on any atom is 0.237 e. The molecule has 0 aliphatic heterocycles. The Labute approximate surface area is 104 Å². The van der Waals surface area contributed by atoms with Crippen molar-refractivity contribution in [3.05, 3.63) is 46.9 Å². The molecule has 17 heavy (non-hydrogen) atoms. The summed E-state index contributed by atoms with van der Waals surface area (Å²) in [4.78, 5) is 7.98. The number of hydrogen-bond acceptors (Lipinski definition) is 4. The summed E-state index contributed by atoms with van der Waals surface area (Å²) in [6.07, 6.45) is 2.91. The molecule has 0 saturated heterocycles. The van der Waals surface area contributed by atoms with Crippen molar-refractivity contribution < 1.29 is 9.84 Å². The van der Waals surface area contributed by atoms with Crippen LogP contribution in [0.2, 0.25) is 5.02 Å². The van der Waals surface area contributed by atoms with Gasteiger partial charge in [-0.25, -0.2) is 4.98 Å². The number of ether oxygens (including phenoxy) is 1. The SMILES string of the molecule is Cc1ccc(Cl)c(Oc2cnc(CO)cn2)c1. The first-order valence-electron chi connectivity index (χ1n) is 5.05. The van der Waals surface area contributed by atoms with Gasteiger partial charge in [0.2, 0.25) is 5.88 Å². The molecule has 0 bridgehead atoms. The number of aliphatic hydroxyl groups is 1. The maximum atomic E-state index is 8.83. The Morgan fingerprint density at radius 2 is 2.12 bits per heavy atom. The summed E-state index contributed by atoms with van der Waals surface area (Å²) >= 11 is 5.99. The van der Waals surface area contributed by atoms with Crippen molar-refractivity contribution in [2.45, 2.75) is 13.5 Å². The Morgan fingerprint density at radius 3 is 2.76 bits per heavy atom. The predicted octanol–water partition coefficient (Wildman–Crippen LogP) is 2.72. The van der Waals surface area contributed by atoms with Gasteiger partial charge < -0.3 is 9.84 Å². The van der Waals surface area contributed by atoms with Crippen molar-refractivity contribution in [1.29, 1.82) is 0 Å². The highest BCUT2D eigenvalue weighted by Gasteiger charge is 2.04. The van der Waals surface area contributed by atoms with E-state index in [1.54, 1.807) is 6.07 Å². The third-order valence-corrected chi connectivity index (χ3v) is 2.46. The lowest BCUT2D eigenvalue weighted by Gasteiger charge is -2.07. The van der Waals surface area contributed by atoms with E-state index in [0.717, 1.165) is 5.56 Å². The molecule has 0 spiro atoms. The van der Waals surface area contributed by atoms with E-state index in [1.807, 2.05) is 19.1 Å². The predicted molar refractivity (Wildman–Crippen MR) is 64.2 cm³/mol. The summed E-state index contributed by atoms with van der Waals surface area (Å²) < 4.78 is 5.50. The van der Waals surface area contributed by atoms with Crippen molar-refractivity contribution in [1.82, 2.24) is 9.97 Å². The Morgan fingerprint density at radius 1 is 1.29 bits per heavy atom. The average Bonchev–Trinajstić information content (AvgIpc) is 2.35. The van der Waals surface area contributed by atoms with Crippen LogP contribution in [0.3, 0.4) is 0 Å². The minimum Gasteiger partial charge on any atom is -0.436 e. The topological polar surface area (TPSA) is 55.2 Å². The van der Waals surface area contributed by atoms with Gasteiger partial charge in [-0.2, -0.15) is 0 Å². The van der Waals surface area contributed by atoms with Gasteiger partial charge in [-0.1, -0.05) is 17.7 Å². The smallest absolute Gasteiger partial charge is 0.237 e. The number of benzene rings is 1. The number of aryl methyl sites for hydroxylation is 1. The molecule has 1 aromatic heterocycles. The highest BCUT2D eigenvalue weighted by Crippen LogP contribution is 2.28. The lowest BCUT2D eigenvalue weighted by Crippen LogP contribution is -1.94. The first kappa shape index (κ1) is 11.8. The van der Waals surface area contributed by atoms with Crippen LogP contribution in [-0.2, 0) is 6.61 Å². The van der Waals surface area contributed by atoms with Crippen LogP contribution in [0.1, 0.15) is 11.3 Å². The van der Waals surface area contributed by atoms with Gasteiger partial charge in [0.15, 0.2) is 0 Å². The molecule has 2 rings (SSSR count). The highest BCUT2D eigenvalue weighted by molar-refractivity contribution is 6.32.